The van der Waals surface area contributed by atoms with Gasteiger partial charge in [-0.05, 0) is 30.8 Å². The lowest BCUT2D eigenvalue weighted by Gasteiger charge is -2.16. The minimum Gasteiger partial charge on any atom is -0.483 e. The highest BCUT2D eigenvalue weighted by Crippen LogP contribution is 2.32. The van der Waals surface area contributed by atoms with Crippen LogP contribution in [0, 0.1) is 0 Å². The third-order valence-corrected chi connectivity index (χ3v) is 3.48. The van der Waals surface area contributed by atoms with Crippen LogP contribution in [-0.2, 0) is 6.18 Å². The summed E-state index contributed by atoms with van der Waals surface area (Å²) in [5.41, 5.74) is 4.82. The lowest BCUT2D eigenvalue weighted by molar-refractivity contribution is -0.137. The summed E-state index contributed by atoms with van der Waals surface area (Å²) in [6.45, 7) is 0.408. The number of nitrogens with zero attached hydrogens (tertiary/aromatic N) is 1. The minimum atomic E-state index is -4.34. The molecule has 3 nitrogen and oxygen atoms in total. The van der Waals surface area contributed by atoms with Crippen LogP contribution in [0.25, 0.3) is 0 Å². The maximum absolute atomic E-state index is 12.5. The quantitative estimate of drug-likeness (QED) is 0.917. The van der Waals surface area contributed by atoms with Crippen molar-refractivity contribution in [2.45, 2.75) is 18.7 Å². The molecule has 2 aromatic rings. The van der Waals surface area contributed by atoms with Gasteiger partial charge in [-0.25, -0.2) is 4.98 Å². The van der Waals surface area contributed by atoms with Gasteiger partial charge in [0.1, 0.15) is 10.8 Å². The molecule has 0 bridgehead atoms. The molecule has 1 aromatic carbocycles. The highest BCUT2D eigenvalue weighted by molar-refractivity contribution is 7.09. The molecule has 7 heteroatoms. The normalized spacial score (nSPS) is 13.2. The van der Waals surface area contributed by atoms with Gasteiger partial charge in [0.25, 0.3) is 0 Å². The molecule has 1 aromatic heterocycles. The fourth-order valence-corrected chi connectivity index (χ4v) is 2.37. The topological polar surface area (TPSA) is 48.1 Å². The molecule has 1 unspecified atom stereocenters. The number of alkyl halides is 3. The van der Waals surface area contributed by atoms with E-state index in [1.54, 1.807) is 6.20 Å². The Morgan fingerprint density at radius 2 is 1.95 bits per heavy atom. The van der Waals surface area contributed by atoms with Crippen molar-refractivity contribution in [3.05, 3.63) is 46.4 Å². The third kappa shape index (κ3) is 3.71. The average molecular weight is 302 g/mol. The van der Waals surface area contributed by atoms with Crippen LogP contribution in [0.2, 0.25) is 0 Å². The summed E-state index contributed by atoms with van der Waals surface area (Å²) in [6, 6.07) is 4.60. The molecule has 20 heavy (non-hydrogen) atoms. The molecule has 0 radical (unpaired) electrons. The molecule has 0 spiro atoms. The largest absolute Gasteiger partial charge is 0.483 e. The Balaban J connectivity index is 2.11. The molecule has 0 aliphatic rings. The Labute approximate surface area is 118 Å². The number of halogens is 3. The third-order valence-electron chi connectivity index (χ3n) is 2.62. The number of rotatable bonds is 5. The standard InChI is InChI=1S/C13H13F3N2OS/c14-13(15,16)9-1-3-10(4-2-9)19-11(5-6-17)12-18-7-8-20-12/h1-4,7-8,11H,5-6,17H2. The summed E-state index contributed by atoms with van der Waals surface area (Å²) in [5.74, 6) is 0.367. The van der Waals surface area contributed by atoms with E-state index in [-0.39, 0.29) is 6.10 Å². The van der Waals surface area contributed by atoms with Gasteiger partial charge < -0.3 is 10.5 Å². The van der Waals surface area contributed by atoms with Crippen LogP contribution in [0.15, 0.2) is 35.8 Å². The molecule has 0 aliphatic carbocycles. The Kier molecular flexibility index (Phi) is 4.61. The van der Waals surface area contributed by atoms with E-state index in [2.05, 4.69) is 4.98 Å². The smallest absolute Gasteiger partial charge is 0.416 e. The SMILES string of the molecule is NCCC(Oc1ccc(C(F)(F)F)cc1)c1nccs1. The average Bonchev–Trinajstić information content (AvgIpc) is 2.91. The van der Waals surface area contributed by atoms with Gasteiger partial charge in [0.2, 0.25) is 0 Å². The molecular formula is C13H13F3N2OS. The van der Waals surface area contributed by atoms with Crippen molar-refractivity contribution in [1.82, 2.24) is 4.98 Å². The summed E-state index contributed by atoms with van der Waals surface area (Å²) < 4.78 is 43.0. The molecule has 2 N–H and O–H groups in total. The molecule has 2 rings (SSSR count). The van der Waals surface area contributed by atoms with E-state index in [9.17, 15) is 13.2 Å². The number of thiazole rings is 1. The number of hydrogen-bond donors (Lipinski definition) is 1. The zero-order valence-electron chi connectivity index (χ0n) is 10.4. The van der Waals surface area contributed by atoms with E-state index in [0.29, 0.717) is 18.7 Å². The summed E-state index contributed by atoms with van der Waals surface area (Å²) >= 11 is 1.43. The first-order valence-corrected chi connectivity index (χ1v) is 6.82. The van der Waals surface area contributed by atoms with Gasteiger partial charge >= 0.3 is 6.18 Å². The minimum absolute atomic E-state index is 0.336. The molecule has 0 saturated heterocycles. The van der Waals surface area contributed by atoms with Gasteiger partial charge in [-0.2, -0.15) is 13.2 Å². The number of hydrogen-bond acceptors (Lipinski definition) is 4. The maximum Gasteiger partial charge on any atom is 0.416 e. The second-order valence-electron chi connectivity index (χ2n) is 4.08. The lowest BCUT2D eigenvalue weighted by Crippen LogP contribution is -2.13. The van der Waals surface area contributed by atoms with Crippen molar-refractivity contribution >= 4 is 11.3 Å². The van der Waals surface area contributed by atoms with Crippen LogP contribution in [0.1, 0.15) is 23.1 Å². The summed E-state index contributed by atoms with van der Waals surface area (Å²) in [6.07, 6.45) is -2.48. The van der Waals surface area contributed by atoms with Gasteiger partial charge in [0.15, 0.2) is 6.10 Å². The Morgan fingerprint density at radius 1 is 1.25 bits per heavy atom. The first-order valence-electron chi connectivity index (χ1n) is 5.94. The molecule has 1 atom stereocenters. The van der Waals surface area contributed by atoms with Gasteiger partial charge in [-0.1, -0.05) is 0 Å². The van der Waals surface area contributed by atoms with Crippen molar-refractivity contribution in [3.8, 4) is 5.75 Å². The van der Waals surface area contributed by atoms with Gasteiger partial charge in [0.05, 0.1) is 5.56 Å². The van der Waals surface area contributed by atoms with E-state index in [4.69, 9.17) is 10.5 Å². The van der Waals surface area contributed by atoms with Crippen molar-refractivity contribution in [2.75, 3.05) is 6.54 Å². The van der Waals surface area contributed by atoms with E-state index in [0.717, 1.165) is 17.1 Å². The van der Waals surface area contributed by atoms with Gasteiger partial charge in [-0.3, -0.25) is 0 Å². The maximum atomic E-state index is 12.5. The predicted molar refractivity (Wildman–Crippen MR) is 70.6 cm³/mol. The molecular weight excluding hydrogens is 289 g/mol. The summed E-state index contributed by atoms with van der Waals surface area (Å²) in [5, 5.41) is 2.57. The molecule has 0 aliphatic heterocycles. The summed E-state index contributed by atoms with van der Waals surface area (Å²) in [4.78, 5) is 4.15. The molecule has 0 amide bonds. The van der Waals surface area contributed by atoms with E-state index < -0.39 is 11.7 Å². The zero-order valence-corrected chi connectivity index (χ0v) is 11.2. The highest BCUT2D eigenvalue weighted by atomic mass is 32.1. The second-order valence-corrected chi connectivity index (χ2v) is 5.00. The summed E-state index contributed by atoms with van der Waals surface area (Å²) in [7, 11) is 0. The molecule has 0 saturated carbocycles. The number of benzene rings is 1. The second kappa shape index (κ2) is 6.23. The first-order chi connectivity index (χ1) is 9.50. The monoisotopic (exact) mass is 302 g/mol. The van der Waals surface area contributed by atoms with Gasteiger partial charge in [-0.15, -0.1) is 11.3 Å². The fourth-order valence-electron chi connectivity index (χ4n) is 1.66. The number of nitrogens with two attached hydrogens (primary N) is 1. The Bertz CT molecular complexity index is 526. The van der Waals surface area contributed by atoms with Gasteiger partial charge in [0, 0.05) is 18.0 Å². The van der Waals surface area contributed by atoms with Crippen molar-refractivity contribution in [1.29, 1.82) is 0 Å². The van der Waals surface area contributed by atoms with E-state index >= 15 is 0 Å². The van der Waals surface area contributed by atoms with Crippen LogP contribution in [-0.4, -0.2) is 11.5 Å². The molecule has 108 valence electrons. The fraction of sp³-hybridized carbons (Fsp3) is 0.308. The Hall–Kier alpha value is -1.60. The lowest BCUT2D eigenvalue weighted by atomic mass is 10.2. The van der Waals surface area contributed by atoms with Crippen molar-refractivity contribution < 1.29 is 17.9 Å². The van der Waals surface area contributed by atoms with E-state index in [1.165, 1.54) is 23.5 Å². The van der Waals surface area contributed by atoms with Crippen LogP contribution >= 0.6 is 11.3 Å². The Morgan fingerprint density at radius 3 is 2.45 bits per heavy atom. The van der Waals surface area contributed by atoms with Crippen molar-refractivity contribution in [2.24, 2.45) is 5.73 Å². The highest BCUT2D eigenvalue weighted by Gasteiger charge is 2.30. The van der Waals surface area contributed by atoms with Crippen LogP contribution < -0.4 is 10.5 Å². The van der Waals surface area contributed by atoms with Crippen LogP contribution in [0.5, 0.6) is 5.75 Å². The number of ether oxygens (including phenoxy) is 1. The van der Waals surface area contributed by atoms with Crippen LogP contribution in [0.4, 0.5) is 13.2 Å². The van der Waals surface area contributed by atoms with Crippen LogP contribution in [0.3, 0.4) is 0 Å². The number of aromatic nitrogens is 1. The van der Waals surface area contributed by atoms with E-state index in [1.807, 2.05) is 5.38 Å². The van der Waals surface area contributed by atoms with Crippen molar-refractivity contribution in [3.63, 3.8) is 0 Å². The first kappa shape index (κ1) is 14.8. The zero-order chi connectivity index (χ0) is 14.6. The molecule has 0 fully saturated rings. The predicted octanol–water partition coefficient (Wildman–Crippen LogP) is 3.63. The molecule has 1 heterocycles.